The standard InChI is InChI=1S/C9H18N/c1-4-6-7-10-8(3)9(10)5-2/h6,8-9H,4-5,7H2,1-3H3. The summed E-state index contributed by atoms with van der Waals surface area (Å²) in [5.41, 5.74) is 0. The van der Waals surface area contributed by atoms with E-state index in [4.69, 9.17) is 0 Å². The van der Waals surface area contributed by atoms with E-state index in [9.17, 15) is 0 Å². The van der Waals surface area contributed by atoms with Crippen LogP contribution in [0.25, 0.3) is 0 Å². The van der Waals surface area contributed by atoms with Gasteiger partial charge in [-0.2, -0.15) is 0 Å². The van der Waals surface area contributed by atoms with Crippen LogP contribution in [0.2, 0.25) is 0 Å². The van der Waals surface area contributed by atoms with Crippen LogP contribution in [0.3, 0.4) is 0 Å². The van der Waals surface area contributed by atoms with E-state index in [1.54, 1.807) is 0 Å². The summed E-state index contributed by atoms with van der Waals surface area (Å²) in [5, 5.41) is 0. The van der Waals surface area contributed by atoms with Crippen molar-refractivity contribution in [1.29, 1.82) is 0 Å². The number of hydrogen-bond acceptors (Lipinski definition) is 1. The molecular formula is C9H18N. The molecule has 0 aliphatic carbocycles. The van der Waals surface area contributed by atoms with Gasteiger partial charge in [-0.15, -0.1) is 0 Å². The van der Waals surface area contributed by atoms with Crippen molar-refractivity contribution in [2.24, 2.45) is 0 Å². The lowest BCUT2D eigenvalue weighted by atomic mass is 10.3. The van der Waals surface area contributed by atoms with Crippen molar-refractivity contribution in [3.63, 3.8) is 0 Å². The van der Waals surface area contributed by atoms with E-state index in [1.807, 2.05) is 0 Å². The highest BCUT2D eigenvalue weighted by Crippen LogP contribution is 2.29. The first-order valence-electron chi connectivity index (χ1n) is 4.38. The predicted molar refractivity (Wildman–Crippen MR) is 44.8 cm³/mol. The maximum atomic E-state index is 2.55. The first-order valence-corrected chi connectivity index (χ1v) is 4.38. The highest BCUT2D eigenvalue weighted by molar-refractivity contribution is 4.99. The summed E-state index contributed by atoms with van der Waals surface area (Å²) in [5.74, 6) is 0. The van der Waals surface area contributed by atoms with Crippen LogP contribution in [0.1, 0.15) is 33.6 Å². The van der Waals surface area contributed by atoms with Gasteiger partial charge in [0, 0.05) is 18.6 Å². The molecule has 1 aliphatic rings. The summed E-state index contributed by atoms with van der Waals surface area (Å²) in [6.07, 6.45) is 4.88. The third kappa shape index (κ3) is 1.51. The fourth-order valence-corrected chi connectivity index (χ4v) is 1.63. The van der Waals surface area contributed by atoms with Crippen LogP contribution >= 0.6 is 0 Å². The van der Waals surface area contributed by atoms with Crippen molar-refractivity contribution in [3.8, 4) is 0 Å². The van der Waals surface area contributed by atoms with E-state index in [0.717, 1.165) is 12.1 Å². The van der Waals surface area contributed by atoms with Crippen molar-refractivity contribution in [2.45, 2.75) is 45.7 Å². The molecule has 1 heteroatoms. The lowest BCUT2D eigenvalue weighted by molar-refractivity contribution is 0.510. The maximum Gasteiger partial charge on any atom is 0.0249 e. The van der Waals surface area contributed by atoms with Gasteiger partial charge in [-0.1, -0.05) is 20.3 Å². The van der Waals surface area contributed by atoms with Crippen LogP contribution in [-0.4, -0.2) is 23.5 Å². The van der Waals surface area contributed by atoms with E-state index < -0.39 is 0 Å². The normalized spacial score (nSPS) is 38.1. The Hall–Kier alpha value is -0.0400. The molecule has 0 bridgehead atoms. The molecule has 0 amide bonds. The molecule has 0 saturated carbocycles. The Morgan fingerprint density at radius 2 is 2.10 bits per heavy atom. The molecule has 0 N–H and O–H groups in total. The van der Waals surface area contributed by atoms with Gasteiger partial charge in [-0.05, 0) is 19.8 Å². The third-order valence-corrected chi connectivity index (χ3v) is 2.46. The molecule has 1 nitrogen and oxygen atoms in total. The highest BCUT2D eigenvalue weighted by Gasteiger charge is 2.40. The first kappa shape index (κ1) is 8.06. The van der Waals surface area contributed by atoms with Gasteiger partial charge in [0.1, 0.15) is 0 Å². The number of rotatable bonds is 4. The van der Waals surface area contributed by atoms with Gasteiger partial charge in [-0.25, -0.2) is 0 Å². The first-order chi connectivity index (χ1) is 4.81. The van der Waals surface area contributed by atoms with E-state index in [1.165, 1.54) is 19.4 Å². The number of unbranched alkanes of at least 4 members (excludes halogenated alkanes) is 1. The van der Waals surface area contributed by atoms with Gasteiger partial charge in [0.05, 0.1) is 0 Å². The Balaban J connectivity index is 2.09. The molecule has 1 aliphatic heterocycles. The highest BCUT2D eigenvalue weighted by atomic mass is 15.3. The summed E-state index contributed by atoms with van der Waals surface area (Å²) >= 11 is 0. The van der Waals surface area contributed by atoms with Crippen molar-refractivity contribution in [2.75, 3.05) is 6.54 Å². The van der Waals surface area contributed by atoms with Crippen LogP contribution in [-0.2, 0) is 0 Å². The largest absolute Gasteiger partial charge is 0.294 e. The average Bonchev–Trinajstić information content (AvgIpc) is 2.56. The fraction of sp³-hybridized carbons (Fsp3) is 0.889. The molecule has 0 spiro atoms. The molecule has 3 unspecified atom stereocenters. The Morgan fingerprint density at radius 1 is 1.40 bits per heavy atom. The predicted octanol–water partition coefficient (Wildman–Crippen LogP) is 2.08. The zero-order valence-electron chi connectivity index (χ0n) is 7.30. The Kier molecular flexibility index (Phi) is 2.72. The topological polar surface area (TPSA) is 3.01 Å². The quantitative estimate of drug-likeness (QED) is 0.540. The van der Waals surface area contributed by atoms with E-state index in [2.05, 4.69) is 32.1 Å². The molecule has 1 fully saturated rings. The molecule has 1 heterocycles. The van der Waals surface area contributed by atoms with E-state index in [-0.39, 0.29) is 0 Å². The molecule has 1 saturated heterocycles. The number of hydrogen-bond donors (Lipinski definition) is 0. The second-order valence-electron chi connectivity index (χ2n) is 3.11. The van der Waals surface area contributed by atoms with Crippen LogP contribution in [0.15, 0.2) is 0 Å². The maximum absolute atomic E-state index is 2.55. The Bertz CT molecular complexity index is 101. The molecule has 1 radical (unpaired) electrons. The molecule has 3 atom stereocenters. The summed E-state index contributed by atoms with van der Waals surface area (Å²) in [6, 6.07) is 1.75. The lowest BCUT2D eigenvalue weighted by Gasteiger charge is -1.98. The molecule has 0 aromatic rings. The molecule has 59 valence electrons. The Labute approximate surface area is 64.4 Å². The minimum atomic E-state index is 0.854. The minimum Gasteiger partial charge on any atom is -0.294 e. The average molecular weight is 140 g/mol. The molecule has 0 aromatic heterocycles. The zero-order valence-corrected chi connectivity index (χ0v) is 7.30. The van der Waals surface area contributed by atoms with Gasteiger partial charge in [0.15, 0.2) is 0 Å². The van der Waals surface area contributed by atoms with Gasteiger partial charge in [0.25, 0.3) is 0 Å². The smallest absolute Gasteiger partial charge is 0.0249 e. The van der Waals surface area contributed by atoms with Crippen molar-refractivity contribution in [3.05, 3.63) is 6.42 Å². The van der Waals surface area contributed by atoms with E-state index >= 15 is 0 Å². The third-order valence-electron chi connectivity index (χ3n) is 2.46. The van der Waals surface area contributed by atoms with Crippen LogP contribution in [0.5, 0.6) is 0 Å². The lowest BCUT2D eigenvalue weighted by Crippen LogP contribution is -2.03. The SMILES string of the molecule is CC[CH]CN1C(C)C1CC. The van der Waals surface area contributed by atoms with Crippen molar-refractivity contribution >= 4 is 0 Å². The second-order valence-corrected chi connectivity index (χ2v) is 3.11. The fourth-order valence-electron chi connectivity index (χ4n) is 1.63. The molecule has 0 aromatic carbocycles. The van der Waals surface area contributed by atoms with Gasteiger partial charge in [0.2, 0.25) is 0 Å². The van der Waals surface area contributed by atoms with Crippen molar-refractivity contribution < 1.29 is 0 Å². The van der Waals surface area contributed by atoms with Gasteiger partial charge in [-0.3, -0.25) is 4.90 Å². The minimum absolute atomic E-state index is 0.854. The summed E-state index contributed by atoms with van der Waals surface area (Å²) in [6.45, 7) is 8.00. The summed E-state index contributed by atoms with van der Waals surface area (Å²) in [4.78, 5) is 2.55. The summed E-state index contributed by atoms with van der Waals surface area (Å²) < 4.78 is 0. The Morgan fingerprint density at radius 3 is 2.50 bits per heavy atom. The second kappa shape index (κ2) is 3.38. The zero-order chi connectivity index (χ0) is 7.56. The van der Waals surface area contributed by atoms with Gasteiger partial charge < -0.3 is 0 Å². The molecule has 10 heavy (non-hydrogen) atoms. The monoisotopic (exact) mass is 140 g/mol. The van der Waals surface area contributed by atoms with Crippen LogP contribution in [0.4, 0.5) is 0 Å². The van der Waals surface area contributed by atoms with Crippen molar-refractivity contribution in [1.82, 2.24) is 4.90 Å². The summed E-state index contributed by atoms with van der Waals surface area (Å²) in [7, 11) is 0. The van der Waals surface area contributed by atoms with E-state index in [0.29, 0.717) is 0 Å². The van der Waals surface area contributed by atoms with Gasteiger partial charge >= 0.3 is 0 Å². The van der Waals surface area contributed by atoms with Crippen LogP contribution in [0, 0.1) is 6.42 Å². The molecule has 1 rings (SSSR count). The van der Waals surface area contributed by atoms with Crippen LogP contribution < -0.4 is 0 Å². The number of nitrogens with zero attached hydrogens (tertiary/aromatic N) is 1. The molecular weight excluding hydrogens is 122 g/mol.